The molecule has 0 aliphatic carbocycles. The fraction of sp³-hybridized carbons (Fsp3) is 0. The van der Waals surface area contributed by atoms with E-state index in [1.807, 2.05) is 24.3 Å². The fourth-order valence-corrected chi connectivity index (χ4v) is 2.35. The lowest BCUT2D eigenvalue weighted by Crippen LogP contribution is -2.20. The lowest BCUT2D eigenvalue weighted by molar-refractivity contribution is -0.386. The van der Waals surface area contributed by atoms with Crippen LogP contribution in [0.4, 0.5) is 5.69 Å². The van der Waals surface area contributed by atoms with Crippen molar-refractivity contribution >= 4 is 39.5 Å². The summed E-state index contributed by atoms with van der Waals surface area (Å²) < 4.78 is 1.80. The molecule has 0 amide bonds. The highest BCUT2D eigenvalue weighted by Gasteiger charge is 2.22. The molecule has 0 saturated carbocycles. The lowest BCUT2D eigenvalue weighted by atomic mass is 10.2. The number of rotatable bonds is 3. The minimum Gasteiger partial charge on any atom is -0.277 e. The first-order valence-corrected chi connectivity index (χ1v) is 6.90. The Balaban J connectivity index is 2.15. The smallest absolute Gasteiger partial charge is 0.277 e. The SMILES string of the molecule is O=c1c([N+](=O)[O-])c(/C=C/c2cccc(Br)c2)nc2nc[nH]n12. The molecule has 1 aromatic carbocycles. The van der Waals surface area contributed by atoms with Crippen LogP contribution in [-0.2, 0) is 0 Å². The van der Waals surface area contributed by atoms with E-state index in [1.54, 1.807) is 6.08 Å². The Morgan fingerprint density at radius 3 is 2.91 bits per heavy atom. The standard InChI is InChI=1S/C13H8BrN5O3/c14-9-3-1-2-8(6-9)4-5-10-11(19(21)22)12(20)18-13(17-10)15-7-16-18/h1-7H,(H,15,16,17)/b5-4+. The van der Waals surface area contributed by atoms with E-state index in [1.165, 1.54) is 12.4 Å². The summed E-state index contributed by atoms with van der Waals surface area (Å²) in [6.07, 6.45) is 4.31. The molecule has 0 aliphatic heterocycles. The molecule has 0 unspecified atom stereocenters. The van der Waals surface area contributed by atoms with Gasteiger partial charge in [-0.05, 0) is 23.8 Å². The van der Waals surface area contributed by atoms with Crippen LogP contribution < -0.4 is 5.56 Å². The number of hydrogen-bond acceptors (Lipinski definition) is 5. The van der Waals surface area contributed by atoms with Gasteiger partial charge < -0.3 is 0 Å². The molecule has 2 aromatic heterocycles. The van der Waals surface area contributed by atoms with E-state index < -0.39 is 16.2 Å². The summed E-state index contributed by atoms with van der Waals surface area (Å²) in [6, 6.07) is 7.35. The number of fused-ring (bicyclic) bond motifs is 1. The number of nitro groups is 1. The number of nitrogens with one attached hydrogen (secondary N) is 1. The van der Waals surface area contributed by atoms with Crippen molar-refractivity contribution in [2.24, 2.45) is 0 Å². The maximum Gasteiger partial charge on any atom is 0.361 e. The average molecular weight is 362 g/mol. The predicted octanol–water partition coefficient (Wildman–Crippen LogP) is 2.26. The third-order valence-electron chi connectivity index (χ3n) is 2.90. The molecule has 110 valence electrons. The van der Waals surface area contributed by atoms with Crippen molar-refractivity contribution < 1.29 is 4.92 Å². The molecular weight excluding hydrogens is 354 g/mol. The second-order valence-electron chi connectivity index (χ2n) is 4.32. The topological polar surface area (TPSA) is 106 Å². The summed E-state index contributed by atoms with van der Waals surface area (Å²) in [5, 5.41) is 13.6. The van der Waals surface area contributed by atoms with Gasteiger partial charge in [0.15, 0.2) is 5.69 Å². The second-order valence-corrected chi connectivity index (χ2v) is 5.23. The van der Waals surface area contributed by atoms with Crippen molar-refractivity contribution in [3.63, 3.8) is 0 Å². The molecule has 8 nitrogen and oxygen atoms in total. The van der Waals surface area contributed by atoms with Crippen molar-refractivity contribution in [2.75, 3.05) is 0 Å². The highest BCUT2D eigenvalue weighted by molar-refractivity contribution is 9.10. The van der Waals surface area contributed by atoms with Crippen molar-refractivity contribution in [3.8, 4) is 0 Å². The summed E-state index contributed by atoms with van der Waals surface area (Å²) in [4.78, 5) is 30.4. The summed E-state index contributed by atoms with van der Waals surface area (Å²) in [5.74, 6) is 0.0736. The Bertz CT molecular complexity index is 960. The number of hydrogen-bond donors (Lipinski definition) is 1. The first-order valence-electron chi connectivity index (χ1n) is 6.10. The molecule has 3 rings (SSSR count). The van der Waals surface area contributed by atoms with Crippen LogP contribution in [0.3, 0.4) is 0 Å². The van der Waals surface area contributed by atoms with Gasteiger partial charge in [0.25, 0.3) is 5.78 Å². The Hall–Kier alpha value is -2.81. The normalized spacial score (nSPS) is 11.3. The molecule has 2 heterocycles. The molecule has 3 aromatic rings. The van der Waals surface area contributed by atoms with Crippen LogP contribution in [0.1, 0.15) is 11.3 Å². The van der Waals surface area contributed by atoms with E-state index >= 15 is 0 Å². The van der Waals surface area contributed by atoms with E-state index in [2.05, 4.69) is 31.0 Å². The number of H-pyrrole nitrogens is 1. The van der Waals surface area contributed by atoms with Crippen LogP contribution in [0.15, 0.2) is 39.9 Å². The Kier molecular flexibility index (Phi) is 3.55. The Morgan fingerprint density at radius 2 is 2.18 bits per heavy atom. The molecular formula is C13H8BrN5O3. The highest BCUT2D eigenvalue weighted by Crippen LogP contribution is 2.17. The van der Waals surface area contributed by atoms with Gasteiger partial charge in [-0.15, -0.1) is 0 Å². The largest absolute Gasteiger partial charge is 0.361 e. The Labute approximate surface area is 131 Å². The third-order valence-corrected chi connectivity index (χ3v) is 3.39. The number of aromatic nitrogens is 4. The fourth-order valence-electron chi connectivity index (χ4n) is 1.94. The number of halogens is 1. The molecule has 0 spiro atoms. The van der Waals surface area contributed by atoms with Crippen molar-refractivity contribution in [1.82, 2.24) is 19.6 Å². The van der Waals surface area contributed by atoms with Crippen LogP contribution in [0.5, 0.6) is 0 Å². The van der Waals surface area contributed by atoms with Gasteiger partial charge in [-0.1, -0.05) is 34.1 Å². The maximum atomic E-state index is 12.1. The first kappa shape index (κ1) is 14.1. The van der Waals surface area contributed by atoms with Gasteiger partial charge >= 0.3 is 11.2 Å². The number of benzene rings is 1. The maximum absolute atomic E-state index is 12.1. The zero-order valence-electron chi connectivity index (χ0n) is 10.9. The average Bonchev–Trinajstić information content (AvgIpc) is 2.93. The van der Waals surface area contributed by atoms with Crippen LogP contribution in [0.25, 0.3) is 17.9 Å². The van der Waals surface area contributed by atoms with Gasteiger partial charge in [0, 0.05) is 4.47 Å². The summed E-state index contributed by atoms with van der Waals surface area (Å²) in [6.45, 7) is 0. The zero-order valence-corrected chi connectivity index (χ0v) is 12.5. The van der Waals surface area contributed by atoms with E-state index in [-0.39, 0.29) is 11.5 Å². The highest BCUT2D eigenvalue weighted by atomic mass is 79.9. The molecule has 0 bridgehead atoms. The zero-order chi connectivity index (χ0) is 15.7. The summed E-state index contributed by atoms with van der Waals surface area (Å²) >= 11 is 3.34. The summed E-state index contributed by atoms with van der Waals surface area (Å²) in [7, 11) is 0. The number of aromatic amines is 1. The van der Waals surface area contributed by atoms with E-state index in [0.29, 0.717) is 0 Å². The molecule has 22 heavy (non-hydrogen) atoms. The van der Waals surface area contributed by atoms with Crippen molar-refractivity contribution in [3.05, 3.63) is 66.8 Å². The van der Waals surface area contributed by atoms with Crippen LogP contribution in [0, 0.1) is 10.1 Å². The van der Waals surface area contributed by atoms with Gasteiger partial charge in [0.05, 0.1) is 4.92 Å². The van der Waals surface area contributed by atoms with E-state index in [9.17, 15) is 14.9 Å². The van der Waals surface area contributed by atoms with E-state index in [4.69, 9.17) is 0 Å². The third kappa shape index (κ3) is 2.53. The minimum atomic E-state index is -0.804. The van der Waals surface area contributed by atoms with Crippen LogP contribution in [-0.4, -0.2) is 24.5 Å². The van der Waals surface area contributed by atoms with Crippen LogP contribution >= 0.6 is 15.9 Å². The molecule has 9 heteroatoms. The molecule has 0 aliphatic rings. The van der Waals surface area contributed by atoms with Gasteiger partial charge in [0.1, 0.15) is 6.33 Å². The van der Waals surface area contributed by atoms with Gasteiger partial charge in [-0.3, -0.25) is 20.0 Å². The van der Waals surface area contributed by atoms with Gasteiger partial charge in [-0.25, -0.2) is 9.97 Å². The monoisotopic (exact) mass is 361 g/mol. The predicted molar refractivity (Wildman–Crippen MR) is 83.3 cm³/mol. The molecule has 0 saturated heterocycles. The van der Waals surface area contributed by atoms with Gasteiger partial charge in [0.2, 0.25) is 0 Å². The lowest BCUT2D eigenvalue weighted by Gasteiger charge is -1.98. The quantitative estimate of drug-likeness (QED) is 0.568. The Morgan fingerprint density at radius 1 is 1.36 bits per heavy atom. The van der Waals surface area contributed by atoms with Crippen molar-refractivity contribution in [2.45, 2.75) is 0 Å². The molecule has 1 N–H and O–H groups in total. The number of nitrogens with zero attached hydrogens (tertiary/aromatic N) is 4. The van der Waals surface area contributed by atoms with Gasteiger partial charge in [-0.2, -0.15) is 4.52 Å². The summed E-state index contributed by atoms with van der Waals surface area (Å²) in [5.41, 5.74) is -0.635. The van der Waals surface area contributed by atoms with E-state index in [0.717, 1.165) is 14.6 Å². The minimum absolute atomic E-state index is 0.0397. The second kappa shape index (κ2) is 5.53. The first-order chi connectivity index (χ1) is 10.6. The molecule has 0 atom stereocenters. The molecule has 0 fully saturated rings. The van der Waals surface area contributed by atoms with Crippen LogP contribution in [0.2, 0.25) is 0 Å². The molecule has 0 radical (unpaired) electrons. The van der Waals surface area contributed by atoms with Crippen molar-refractivity contribution in [1.29, 1.82) is 0 Å².